The molecule has 1 atom stereocenters. The fourth-order valence-corrected chi connectivity index (χ4v) is 2.82. The van der Waals surface area contributed by atoms with Gasteiger partial charge in [0.2, 0.25) is 0 Å². The van der Waals surface area contributed by atoms with E-state index in [1.54, 1.807) is 0 Å². The first-order valence-electron chi connectivity index (χ1n) is 9.96. The van der Waals surface area contributed by atoms with Gasteiger partial charge in [0.15, 0.2) is 0 Å². The third-order valence-electron chi connectivity index (χ3n) is 4.51. The standard InChI is InChI=1S/C25H32N2/c1-4-5-9-12-21(2)19-26-24-15-17-25(18-16-24)27-20-22(3)23-13-10-7-6-8-11-14-23/h5,9-11,13-18,23H,2-4,6-8,12,19-20H2,1H3/b9-5-,13-10-,14-11+,26-24?,27-25?. The summed E-state index contributed by atoms with van der Waals surface area (Å²) >= 11 is 0. The predicted molar refractivity (Wildman–Crippen MR) is 121 cm³/mol. The number of nitrogens with zero attached hydrogens (tertiary/aromatic N) is 2. The van der Waals surface area contributed by atoms with Gasteiger partial charge >= 0.3 is 0 Å². The molecule has 2 aliphatic carbocycles. The predicted octanol–water partition coefficient (Wildman–Crippen LogP) is 6.38. The minimum atomic E-state index is 0.302. The van der Waals surface area contributed by atoms with Crippen molar-refractivity contribution in [1.82, 2.24) is 0 Å². The molecule has 27 heavy (non-hydrogen) atoms. The van der Waals surface area contributed by atoms with Gasteiger partial charge in [0.25, 0.3) is 0 Å². The summed E-state index contributed by atoms with van der Waals surface area (Å²) < 4.78 is 0. The monoisotopic (exact) mass is 360 g/mol. The molecule has 0 aromatic carbocycles. The molecular weight excluding hydrogens is 328 g/mol. The molecule has 0 N–H and O–H groups in total. The highest BCUT2D eigenvalue weighted by molar-refractivity contribution is 6.18. The van der Waals surface area contributed by atoms with Crippen LogP contribution in [0, 0.1) is 5.92 Å². The molecule has 0 aromatic heterocycles. The Bertz CT molecular complexity index is 691. The fraction of sp³-hybridized carbons (Fsp3) is 0.360. The third-order valence-corrected chi connectivity index (χ3v) is 4.51. The van der Waals surface area contributed by atoms with Gasteiger partial charge in [-0.25, -0.2) is 0 Å². The number of allylic oxidation sites excluding steroid dienone is 10. The molecular formula is C25H32N2. The Morgan fingerprint density at radius 3 is 2.15 bits per heavy atom. The van der Waals surface area contributed by atoms with Crippen LogP contribution in [0.1, 0.15) is 39.0 Å². The smallest absolute Gasteiger partial charge is 0.0613 e. The lowest BCUT2D eigenvalue weighted by Gasteiger charge is -2.12. The first kappa shape index (κ1) is 20.8. The molecule has 2 rings (SSSR count). The molecule has 0 amide bonds. The molecule has 142 valence electrons. The molecule has 0 saturated carbocycles. The molecule has 0 radical (unpaired) electrons. The Morgan fingerprint density at radius 1 is 0.963 bits per heavy atom. The van der Waals surface area contributed by atoms with Gasteiger partial charge in [-0.2, -0.15) is 0 Å². The summed E-state index contributed by atoms with van der Waals surface area (Å²) in [6.07, 6.45) is 26.9. The largest absolute Gasteiger partial charge is 0.281 e. The lowest BCUT2D eigenvalue weighted by molar-refractivity contribution is 0.821. The van der Waals surface area contributed by atoms with Crippen LogP contribution in [0.5, 0.6) is 0 Å². The number of hydrogen-bond donors (Lipinski definition) is 0. The van der Waals surface area contributed by atoms with E-state index >= 15 is 0 Å². The maximum absolute atomic E-state index is 4.69. The van der Waals surface area contributed by atoms with E-state index in [1.807, 2.05) is 24.3 Å². The van der Waals surface area contributed by atoms with Gasteiger partial charge in [-0.3, -0.25) is 9.98 Å². The van der Waals surface area contributed by atoms with Gasteiger partial charge in [0, 0.05) is 5.92 Å². The van der Waals surface area contributed by atoms with E-state index in [2.05, 4.69) is 66.5 Å². The average Bonchev–Trinajstić information content (AvgIpc) is 2.65. The zero-order valence-electron chi connectivity index (χ0n) is 16.6. The van der Waals surface area contributed by atoms with Crippen LogP contribution in [0.15, 0.2) is 95.0 Å². The molecule has 0 aliphatic heterocycles. The van der Waals surface area contributed by atoms with Crippen molar-refractivity contribution in [2.75, 3.05) is 13.1 Å². The van der Waals surface area contributed by atoms with E-state index < -0.39 is 0 Å². The lowest BCUT2D eigenvalue weighted by Crippen LogP contribution is -2.05. The van der Waals surface area contributed by atoms with Crippen molar-refractivity contribution in [2.24, 2.45) is 15.9 Å². The SMILES string of the molecule is C=C(C/C=C\CC)CN=C1C=CC(=NCC(=C)C2/C=C\CCC/C=C/2)C=C1. The Labute approximate surface area is 164 Å². The van der Waals surface area contributed by atoms with Crippen molar-refractivity contribution >= 4 is 11.4 Å². The van der Waals surface area contributed by atoms with Crippen LogP contribution in [-0.4, -0.2) is 24.5 Å². The number of rotatable bonds is 8. The Kier molecular flexibility index (Phi) is 9.26. The third kappa shape index (κ3) is 8.17. The summed E-state index contributed by atoms with van der Waals surface area (Å²) in [6, 6.07) is 0. The van der Waals surface area contributed by atoms with Crippen molar-refractivity contribution in [3.8, 4) is 0 Å². The second-order valence-electron chi connectivity index (χ2n) is 6.95. The summed E-state index contributed by atoms with van der Waals surface area (Å²) in [4.78, 5) is 9.29. The molecule has 2 heteroatoms. The van der Waals surface area contributed by atoms with E-state index in [4.69, 9.17) is 0 Å². The Morgan fingerprint density at radius 2 is 1.56 bits per heavy atom. The van der Waals surface area contributed by atoms with E-state index in [-0.39, 0.29) is 0 Å². The summed E-state index contributed by atoms with van der Waals surface area (Å²) in [5, 5.41) is 0. The van der Waals surface area contributed by atoms with E-state index in [0.29, 0.717) is 19.0 Å². The molecule has 1 unspecified atom stereocenters. The first-order chi connectivity index (χ1) is 13.2. The van der Waals surface area contributed by atoms with Gasteiger partial charge in [-0.15, -0.1) is 0 Å². The number of hydrogen-bond acceptors (Lipinski definition) is 2. The van der Waals surface area contributed by atoms with Crippen LogP contribution in [0.25, 0.3) is 0 Å². The van der Waals surface area contributed by atoms with E-state index in [0.717, 1.165) is 48.3 Å². The fourth-order valence-electron chi connectivity index (χ4n) is 2.82. The summed E-state index contributed by atoms with van der Waals surface area (Å²) in [7, 11) is 0. The number of aliphatic imine (C=N–C) groups is 2. The van der Waals surface area contributed by atoms with Crippen LogP contribution >= 0.6 is 0 Å². The molecule has 0 spiro atoms. The Hall–Kier alpha value is -2.48. The molecule has 0 aromatic rings. The quantitative estimate of drug-likeness (QED) is 0.355. The lowest BCUT2D eigenvalue weighted by atomic mass is 9.96. The molecule has 2 aliphatic rings. The van der Waals surface area contributed by atoms with Gasteiger partial charge in [-0.05, 0) is 62.0 Å². The van der Waals surface area contributed by atoms with Crippen LogP contribution in [0.3, 0.4) is 0 Å². The summed E-state index contributed by atoms with van der Waals surface area (Å²) in [6.45, 7) is 11.8. The second kappa shape index (κ2) is 12.0. The molecule has 0 heterocycles. The van der Waals surface area contributed by atoms with Crippen molar-refractivity contribution in [3.05, 3.63) is 85.1 Å². The van der Waals surface area contributed by atoms with Crippen LogP contribution in [-0.2, 0) is 0 Å². The first-order valence-corrected chi connectivity index (χ1v) is 9.96. The molecule has 2 nitrogen and oxygen atoms in total. The second-order valence-corrected chi connectivity index (χ2v) is 6.95. The van der Waals surface area contributed by atoms with E-state index in [9.17, 15) is 0 Å². The maximum Gasteiger partial charge on any atom is 0.0613 e. The molecule has 0 bridgehead atoms. The van der Waals surface area contributed by atoms with Gasteiger partial charge in [0.1, 0.15) is 0 Å². The molecule has 0 fully saturated rings. The normalized spacial score (nSPS) is 21.6. The zero-order chi connectivity index (χ0) is 19.3. The van der Waals surface area contributed by atoms with Gasteiger partial charge in [0.05, 0.1) is 24.5 Å². The maximum atomic E-state index is 4.69. The van der Waals surface area contributed by atoms with Crippen molar-refractivity contribution in [3.63, 3.8) is 0 Å². The van der Waals surface area contributed by atoms with Crippen LogP contribution < -0.4 is 0 Å². The van der Waals surface area contributed by atoms with Gasteiger partial charge < -0.3 is 0 Å². The summed E-state index contributed by atoms with van der Waals surface area (Å²) in [5.41, 5.74) is 4.21. The summed E-state index contributed by atoms with van der Waals surface area (Å²) in [5.74, 6) is 0.302. The minimum absolute atomic E-state index is 0.302. The van der Waals surface area contributed by atoms with Crippen molar-refractivity contribution in [1.29, 1.82) is 0 Å². The van der Waals surface area contributed by atoms with Crippen LogP contribution in [0.2, 0.25) is 0 Å². The minimum Gasteiger partial charge on any atom is -0.281 e. The van der Waals surface area contributed by atoms with Crippen molar-refractivity contribution in [2.45, 2.75) is 39.0 Å². The van der Waals surface area contributed by atoms with Crippen molar-refractivity contribution < 1.29 is 0 Å². The average molecular weight is 361 g/mol. The zero-order valence-corrected chi connectivity index (χ0v) is 16.6. The Balaban J connectivity index is 1.83. The topological polar surface area (TPSA) is 24.7 Å². The van der Waals surface area contributed by atoms with E-state index in [1.165, 1.54) is 6.42 Å². The highest BCUT2D eigenvalue weighted by atomic mass is 14.7. The highest BCUT2D eigenvalue weighted by Gasteiger charge is 2.07. The van der Waals surface area contributed by atoms with Crippen LogP contribution in [0.4, 0.5) is 0 Å². The highest BCUT2D eigenvalue weighted by Crippen LogP contribution is 2.17. The van der Waals surface area contributed by atoms with Gasteiger partial charge in [-0.1, -0.05) is 62.1 Å². The molecule has 0 saturated heterocycles.